The van der Waals surface area contributed by atoms with E-state index >= 15 is 0 Å². The van der Waals surface area contributed by atoms with Crippen molar-refractivity contribution in [2.24, 2.45) is 0 Å². The van der Waals surface area contributed by atoms with Gasteiger partial charge < -0.3 is 0 Å². The van der Waals surface area contributed by atoms with Crippen molar-refractivity contribution in [3.8, 4) is 5.69 Å². The second-order valence-electron chi connectivity index (χ2n) is 5.06. The third-order valence-electron chi connectivity index (χ3n) is 3.61. The molecule has 23 heavy (non-hydrogen) atoms. The van der Waals surface area contributed by atoms with Crippen molar-refractivity contribution in [1.82, 2.24) is 14.8 Å². The Morgan fingerprint density at radius 2 is 1.96 bits per heavy atom. The number of rotatable bonds is 1. The van der Waals surface area contributed by atoms with Crippen molar-refractivity contribution >= 4 is 33.4 Å². The number of fused-ring (bicyclic) bond motifs is 3. The van der Waals surface area contributed by atoms with Gasteiger partial charge in [0.25, 0.3) is 5.56 Å². The maximum atomic E-state index is 13.8. The molecule has 0 aliphatic carbocycles. The van der Waals surface area contributed by atoms with Crippen LogP contribution in [0, 0.1) is 11.6 Å². The Morgan fingerprint density at radius 3 is 2.74 bits per heavy atom. The lowest BCUT2D eigenvalue weighted by atomic mass is 10.1. The molecule has 2 aromatic carbocycles. The summed E-state index contributed by atoms with van der Waals surface area (Å²) in [6.07, 6.45) is 1.28. The quantitative estimate of drug-likeness (QED) is 0.577. The molecule has 4 rings (SSSR count). The van der Waals surface area contributed by atoms with Crippen LogP contribution in [0.5, 0.6) is 0 Å². The average molecular weight is 332 g/mol. The Hall–Kier alpha value is -2.73. The number of pyridine rings is 1. The van der Waals surface area contributed by atoms with E-state index in [1.165, 1.54) is 10.9 Å². The highest BCUT2D eigenvalue weighted by atomic mass is 35.5. The van der Waals surface area contributed by atoms with E-state index in [9.17, 15) is 13.6 Å². The molecular formula is C16H8ClF2N3O. The summed E-state index contributed by atoms with van der Waals surface area (Å²) in [4.78, 5) is 16.4. The van der Waals surface area contributed by atoms with Crippen LogP contribution in [0.3, 0.4) is 0 Å². The Kier molecular flexibility index (Phi) is 2.96. The van der Waals surface area contributed by atoms with E-state index < -0.39 is 11.6 Å². The number of aromatic nitrogens is 3. The number of benzene rings is 2. The van der Waals surface area contributed by atoms with Crippen LogP contribution in [-0.2, 0) is 0 Å². The molecule has 4 nitrogen and oxygen atoms in total. The molecule has 0 atom stereocenters. The summed E-state index contributed by atoms with van der Waals surface area (Å²) in [6, 6.07) is 8.58. The van der Waals surface area contributed by atoms with Crippen LogP contribution in [0.25, 0.3) is 27.5 Å². The number of nitrogens with one attached hydrogen (secondary N) is 1. The first-order chi connectivity index (χ1) is 11.0. The van der Waals surface area contributed by atoms with Gasteiger partial charge in [-0.15, -0.1) is 0 Å². The highest BCUT2D eigenvalue weighted by Gasteiger charge is 2.15. The Balaban J connectivity index is 2.12. The number of hydrogen-bond donors (Lipinski definition) is 1. The van der Waals surface area contributed by atoms with Gasteiger partial charge in [0.2, 0.25) is 0 Å². The number of halogens is 3. The van der Waals surface area contributed by atoms with E-state index in [0.29, 0.717) is 16.2 Å². The van der Waals surface area contributed by atoms with Gasteiger partial charge in [0, 0.05) is 22.7 Å². The van der Waals surface area contributed by atoms with Crippen molar-refractivity contribution in [3.63, 3.8) is 0 Å². The van der Waals surface area contributed by atoms with Gasteiger partial charge in [-0.05, 0) is 24.3 Å². The number of hydrogen-bond acceptors (Lipinski definition) is 2. The predicted molar refractivity (Wildman–Crippen MR) is 84.1 cm³/mol. The molecule has 7 heteroatoms. The number of nitrogens with zero attached hydrogens (tertiary/aromatic N) is 2. The molecule has 0 saturated heterocycles. The monoisotopic (exact) mass is 331 g/mol. The lowest BCUT2D eigenvalue weighted by molar-refractivity contribution is 0.590. The largest absolute Gasteiger partial charge is 0.290 e. The van der Waals surface area contributed by atoms with Gasteiger partial charge in [-0.2, -0.15) is 0 Å². The topological polar surface area (TPSA) is 50.7 Å². The molecule has 0 amide bonds. The Labute approximate surface area is 132 Å². The van der Waals surface area contributed by atoms with Crippen molar-refractivity contribution < 1.29 is 8.78 Å². The second kappa shape index (κ2) is 4.89. The van der Waals surface area contributed by atoms with Gasteiger partial charge in [-0.25, -0.2) is 13.5 Å². The third kappa shape index (κ3) is 2.10. The van der Waals surface area contributed by atoms with Gasteiger partial charge >= 0.3 is 0 Å². The van der Waals surface area contributed by atoms with Crippen LogP contribution in [0.1, 0.15) is 0 Å². The van der Waals surface area contributed by atoms with Crippen LogP contribution in [-0.4, -0.2) is 14.8 Å². The highest BCUT2D eigenvalue weighted by Crippen LogP contribution is 2.24. The van der Waals surface area contributed by atoms with Gasteiger partial charge in [-0.1, -0.05) is 17.7 Å². The molecule has 0 fully saturated rings. The zero-order valence-corrected chi connectivity index (χ0v) is 12.2. The molecule has 1 N–H and O–H groups in total. The first kappa shape index (κ1) is 13.9. The molecule has 4 aromatic rings. The molecule has 0 aliphatic rings. The van der Waals surface area contributed by atoms with Crippen molar-refractivity contribution in [2.75, 3.05) is 0 Å². The van der Waals surface area contributed by atoms with Crippen LogP contribution in [0.4, 0.5) is 8.78 Å². The summed E-state index contributed by atoms with van der Waals surface area (Å²) in [5, 5.41) is 3.79. The smallest absolute Gasteiger partial charge is 0.280 e. The fourth-order valence-electron chi connectivity index (χ4n) is 2.59. The summed E-state index contributed by atoms with van der Waals surface area (Å²) >= 11 is 5.94. The summed E-state index contributed by atoms with van der Waals surface area (Å²) in [6.45, 7) is 0. The SMILES string of the molecule is O=c1c2cnc3c(F)cc(F)cc3c2[nH]n1-c1cccc(Cl)c1. The fourth-order valence-corrected chi connectivity index (χ4v) is 2.77. The zero-order chi connectivity index (χ0) is 16.1. The summed E-state index contributed by atoms with van der Waals surface area (Å²) in [5.74, 6) is -1.51. The first-order valence-electron chi connectivity index (χ1n) is 6.69. The van der Waals surface area contributed by atoms with Crippen molar-refractivity contribution in [2.45, 2.75) is 0 Å². The Bertz CT molecular complexity index is 1130. The minimum absolute atomic E-state index is 0.00149. The minimum Gasteiger partial charge on any atom is -0.290 e. The number of H-pyrrole nitrogens is 1. The van der Waals surface area contributed by atoms with E-state index in [1.54, 1.807) is 24.3 Å². The maximum Gasteiger partial charge on any atom is 0.280 e. The zero-order valence-electron chi connectivity index (χ0n) is 11.5. The Morgan fingerprint density at radius 1 is 1.13 bits per heavy atom. The molecule has 2 heterocycles. The minimum atomic E-state index is -0.779. The fraction of sp³-hybridized carbons (Fsp3) is 0. The number of aromatic amines is 1. The molecular weight excluding hydrogens is 324 g/mol. The molecule has 0 aliphatic heterocycles. The lowest BCUT2D eigenvalue weighted by Crippen LogP contribution is -2.14. The van der Waals surface area contributed by atoms with E-state index in [0.717, 1.165) is 12.1 Å². The lowest BCUT2D eigenvalue weighted by Gasteiger charge is -2.02. The van der Waals surface area contributed by atoms with Crippen LogP contribution < -0.4 is 5.56 Å². The van der Waals surface area contributed by atoms with E-state index in [1.807, 2.05) is 0 Å². The summed E-state index contributed by atoms with van der Waals surface area (Å²) in [5.41, 5.74) is 0.460. The van der Waals surface area contributed by atoms with E-state index in [-0.39, 0.29) is 21.8 Å². The molecule has 2 aromatic heterocycles. The molecule has 0 unspecified atom stereocenters. The van der Waals surface area contributed by atoms with E-state index in [4.69, 9.17) is 11.6 Å². The van der Waals surface area contributed by atoms with Gasteiger partial charge in [-0.3, -0.25) is 14.9 Å². The molecule has 0 radical (unpaired) electrons. The molecule has 114 valence electrons. The van der Waals surface area contributed by atoms with Gasteiger partial charge in [0.15, 0.2) is 5.82 Å². The standard InChI is InChI=1S/C16H8ClF2N3O/c17-8-2-1-3-10(4-8)22-16(23)12-7-20-15-11(14(12)21-22)5-9(18)6-13(15)19/h1-7,21H. The van der Waals surface area contributed by atoms with Crippen LogP contribution in [0.15, 0.2) is 47.4 Å². The third-order valence-corrected chi connectivity index (χ3v) is 3.85. The second-order valence-corrected chi connectivity index (χ2v) is 5.50. The van der Waals surface area contributed by atoms with Crippen molar-refractivity contribution in [1.29, 1.82) is 0 Å². The molecule has 0 bridgehead atoms. The molecule has 0 spiro atoms. The van der Waals surface area contributed by atoms with Crippen LogP contribution in [0.2, 0.25) is 5.02 Å². The molecule has 0 saturated carbocycles. The normalized spacial score (nSPS) is 11.4. The summed E-state index contributed by atoms with van der Waals surface area (Å²) < 4.78 is 28.6. The predicted octanol–water partition coefficient (Wildman–Crippen LogP) is 3.80. The van der Waals surface area contributed by atoms with Gasteiger partial charge in [0.1, 0.15) is 11.3 Å². The average Bonchev–Trinajstić information content (AvgIpc) is 2.85. The highest BCUT2D eigenvalue weighted by molar-refractivity contribution is 6.30. The maximum absolute atomic E-state index is 13.8. The van der Waals surface area contributed by atoms with Crippen LogP contribution >= 0.6 is 11.6 Å². The van der Waals surface area contributed by atoms with E-state index in [2.05, 4.69) is 10.1 Å². The van der Waals surface area contributed by atoms with Gasteiger partial charge in [0.05, 0.1) is 16.6 Å². The first-order valence-corrected chi connectivity index (χ1v) is 7.07. The summed E-state index contributed by atoms with van der Waals surface area (Å²) in [7, 11) is 0. The van der Waals surface area contributed by atoms with Crippen molar-refractivity contribution in [3.05, 3.63) is 69.6 Å².